The number of para-hydroxylation sites is 2. The van der Waals surface area contributed by atoms with Crippen LogP contribution < -0.4 is 9.64 Å². The number of rotatable bonds is 6. The van der Waals surface area contributed by atoms with Crippen LogP contribution in [-0.2, 0) is 4.79 Å². The van der Waals surface area contributed by atoms with Gasteiger partial charge in [-0.3, -0.25) is 9.59 Å². The Labute approximate surface area is 205 Å². The molecule has 2 saturated heterocycles. The average Bonchev–Trinajstić information content (AvgIpc) is 3.30. The molecule has 0 aromatic heterocycles. The van der Waals surface area contributed by atoms with E-state index in [0.29, 0.717) is 44.1 Å². The van der Waals surface area contributed by atoms with E-state index in [4.69, 9.17) is 4.74 Å². The SMILES string of the molecule is CCOc1ccccc1N1CCN(C(=O)C2CSC(C(C)C)N2C(=O)c2ccc(F)cc2)CC1. The molecule has 4 rings (SSSR count). The quantitative estimate of drug-likeness (QED) is 0.616. The van der Waals surface area contributed by atoms with Gasteiger partial charge in [0.25, 0.3) is 5.91 Å². The van der Waals surface area contributed by atoms with Gasteiger partial charge in [0.2, 0.25) is 5.91 Å². The van der Waals surface area contributed by atoms with Gasteiger partial charge in [-0.1, -0.05) is 26.0 Å². The van der Waals surface area contributed by atoms with Crippen molar-refractivity contribution < 1.29 is 18.7 Å². The van der Waals surface area contributed by atoms with Gasteiger partial charge in [0.1, 0.15) is 17.6 Å². The molecule has 2 heterocycles. The second-order valence-corrected chi connectivity index (χ2v) is 10.1. The first kappa shape index (κ1) is 24.4. The number of ether oxygens (including phenoxy) is 1. The number of halogens is 1. The lowest BCUT2D eigenvalue weighted by Gasteiger charge is -2.39. The summed E-state index contributed by atoms with van der Waals surface area (Å²) in [6.07, 6.45) is 0. The molecular formula is C26H32FN3O3S. The van der Waals surface area contributed by atoms with Crippen molar-refractivity contribution >= 4 is 29.3 Å². The van der Waals surface area contributed by atoms with Gasteiger partial charge in [-0.25, -0.2) is 4.39 Å². The van der Waals surface area contributed by atoms with Gasteiger partial charge in [0, 0.05) is 37.5 Å². The lowest BCUT2D eigenvalue weighted by atomic mass is 10.1. The van der Waals surface area contributed by atoms with Crippen LogP contribution in [0.25, 0.3) is 0 Å². The molecule has 0 radical (unpaired) electrons. The molecule has 0 bridgehead atoms. The lowest BCUT2D eigenvalue weighted by molar-refractivity contribution is -0.135. The Morgan fingerprint density at radius 1 is 1.06 bits per heavy atom. The normalized spacial score (nSPS) is 20.7. The molecule has 2 fully saturated rings. The van der Waals surface area contributed by atoms with Crippen molar-refractivity contribution in [1.29, 1.82) is 0 Å². The van der Waals surface area contributed by atoms with Gasteiger partial charge in [0.05, 0.1) is 17.7 Å². The molecule has 2 amide bonds. The summed E-state index contributed by atoms with van der Waals surface area (Å²) in [4.78, 5) is 32.8. The second-order valence-electron chi connectivity index (χ2n) is 8.92. The van der Waals surface area contributed by atoms with Crippen LogP contribution in [-0.4, -0.2) is 71.6 Å². The predicted molar refractivity (Wildman–Crippen MR) is 134 cm³/mol. The molecule has 0 N–H and O–H groups in total. The second kappa shape index (κ2) is 10.7. The molecule has 182 valence electrons. The first-order valence-electron chi connectivity index (χ1n) is 11.9. The highest BCUT2D eigenvalue weighted by atomic mass is 32.2. The van der Waals surface area contributed by atoms with E-state index in [9.17, 15) is 14.0 Å². The van der Waals surface area contributed by atoms with Gasteiger partial charge in [0.15, 0.2) is 0 Å². The Morgan fingerprint density at radius 3 is 2.38 bits per heavy atom. The fourth-order valence-corrected chi connectivity index (χ4v) is 6.08. The fraction of sp³-hybridized carbons (Fsp3) is 0.462. The van der Waals surface area contributed by atoms with E-state index < -0.39 is 6.04 Å². The molecule has 2 aliphatic rings. The zero-order valence-corrected chi connectivity index (χ0v) is 20.8. The van der Waals surface area contributed by atoms with Crippen LogP contribution in [0.3, 0.4) is 0 Å². The molecule has 2 unspecified atom stereocenters. The standard InChI is InChI=1S/C26H32FN3O3S/c1-4-33-23-8-6-5-7-21(23)28-13-15-29(16-14-28)25(32)22-17-34-26(18(2)3)30(22)24(31)19-9-11-20(27)12-10-19/h5-12,18,22,26H,4,13-17H2,1-3H3. The van der Waals surface area contributed by atoms with Crippen LogP contribution in [0.4, 0.5) is 10.1 Å². The van der Waals surface area contributed by atoms with Crippen LogP contribution in [0.2, 0.25) is 0 Å². The molecule has 0 spiro atoms. The van der Waals surface area contributed by atoms with Gasteiger partial charge in [-0.2, -0.15) is 0 Å². The van der Waals surface area contributed by atoms with E-state index in [1.165, 1.54) is 24.3 Å². The van der Waals surface area contributed by atoms with Crippen LogP contribution in [0, 0.1) is 11.7 Å². The molecule has 2 atom stereocenters. The lowest BCUT2D eigenvalue weighted by Crippen LogP contribution is -2.56. The number of carbonyl (C=O) groups excluding carboxylic acids is 2. The van der Waals surface area contributed by atoms with E-state index in [2.05, 4.69) is 18.7 Å². The number of hydrogen-bond donors (Lipinski definition) is 0. The van der Waals surface area contributed by atoms with Crippen molar-refractivity contribution in [3.05, 3.63) is 59.9 Å². The van der Waals surface area contributed by atoms with E-state index in [1.807, 2.05) is 36.1 Å². The largest absolute Gasteiger partial charge is 0.492 e. The van der Waals surface area contributed by atoms with Crippen molar-refractivity contribution in [1.82, 2.24) is 9.80 Å². The number of piperazine rings is 1. The third-order valence-electron chi connectivity index (χ3n) is 6.31. The molecule has 2 aliphatic heterocycles. The van der Waals surface area contributed by atoms with Crippen molar-refractivity contribution in [3.8, 4) is 5.75 Å². The highest BCUT2D eigenvalue weighted by Gasteiger charge is 2.44. The molecule has 2 aromatic rings. The zero-order valence-electron chi connectivity index (χ0n) is 19.9. The Hall–Kier alpha value is -2.74. The maximum Gasteiger partial charge on any atom is 0.255 e. The molecule has 0 aliphatic carbocycles. The molecule has 8 heteroatoms. The smallest absolute Gasteiger partial charge is 0.255 e. The van der Waals surface area contributed by atoms with E-state index >= 15 is 0 Å². The predicted octanol–water partition coefficient (Wildman–Crippen LogP) is 4.11. The highest BCUT2D eigenvalue weighted by molar-refractivity contribution is 8.00. The number of anilines is 1. The summed E-state index contributed by atoms with van der Waals surface area (Å²) in [5.41, 5.74) is 1.45. The molecular weight excluding hydrogens is 453 g/mol. The van der Waals surface area contributed by atoms with Gasteiger partial charge >= 0.3 is 0 Å². The van der Waals surface area contributed by atoms with Crippen LogP contribution in [0.1, 0.15) is 31.1 Å². The Bertz CT molecular complexity index is 1010. The van der Waals surface area contributed by atoms with Crippen molar-refractivity contribution in [3.63, 3.8) is 0 Å². The number of benzene rings is 2. The Balaban J connectivity index is 1.47. The Kier molecular flexibility index (Phi) is 7.66. The molecule has 2 aromatic carbocycles. The third-order valence-corrected chi connectivity index (χ3v) is 7.93. The summed E-state index contributed by atoms with van der Waals surface area (Å²) in [7, 11) is 0. The minimum absolute atomic E-state index is 0.0103. The maximum absolute atomic E-state index is 13.6. The number of amides is 2. The van der Waals surface area contributed by atoms with Crippen LogP contribution in [0.15, 0.2) is 48.5 Å². The number of carbonyl (C=O) groups is 2. The summed E-state index contributed by atoms with van der Waals surface area (Å²) >= 11 is 1.65. The summed E-state index contributed by atoms with van der Waals surface area (Å²) in [6, 6.07) is 13.0. The highest BCUT2D eigenvalue weighted by Crippen LogP contribution is 2.36. The number of nitrogens with zero attached hydrogens (tertiary/aromatic N) is 3. The first-order valence-corrected chi connectivity index (χ1v) is 12.9. The number of hydrogen-bond acceptors (Lipinski definition) is 5. The summed E-state index contributed by atoms with van der Waals surface area (Å²) in [5, 5.41) is -0.0918. The third kappa shape index (κ3) is 5.02. The van der Waals surface area contributed by atoms with Crippen LogP contribution >= 0.6 is 11.8 Å². The first-order chi connectivity index (χ1) is 16.4. The van der Waals surface area contributed by atoms with E-state index in [-0.39, 0.29) is 28.9 Å². The van der Waals surface area contributed by atoms with E-state index in [1.54, 1.807) is 16.7 Å². The van der Waals surface area contributed by atoms with Gasteiger partial charge < -0.3 is 19.4 Å². The van der Waals surface area contributed by atoms with Crippen molar-refractivity contribution in [2.45, 2.75) is 32.2 Å². The minimum Gasteiger partial charge on any atom is -0.492 e. The topological polar surface area (TPSA) is 53.1 Å². The molecule has 0 saturated carbocycles. The summed E-state index contributed by atoms with van der Waals surface area (Å²) in [5.74, 6) is 1.01. The van der Waals surface area contributed by atoms with Crippen molar-refractivity contribution in [2.24, 2.45) is 5.92 Å². The summed E-state index contributed by atoms with van der Waals surface area (Å²) < 4.78 is 19.2. The molecule has 6 nitrogen and oxygen atoms in total. The molecule has 34 heavy (non-hydrogen) atoms. The van der Waals surface area contributed by atoms with Crippen LogP contribution in [0.5, 0.6) is 5.75 Å². The average molecular weight is 486 g/mol. The Morgan fingerprint density at radius 2 is 1.74 bits per heavy atom. The number of thioether (sulfide) groups is 1. The van der Waals surface area contributed by atoms with Gasteiger partial charge in [-0.05, 0) is 49.2 Å². The summed E-state index contributed by atoms with van der Waals surface area (Å²) in [6.45, 7) is 9.27. The van der Waals surface area contributed by atoms with E-state index in [0.717, 1.165) is 11.4 Å². The van der Waals surface area contributed by atoms with Crippen molar-refractivity contribution in [2.75, 3.05) is 43.4 Å². The van der Waals surface area contributed by atoms with Gasteiger partial charge in [-0.15, -0.1) is 11.8 Å². The zero-order chi connectivity index (χ0) is 24.2. The monoisotopic (exact) mass is 485 g/mol. The maximum atomic E-state index is 13.6. The fourth-order valence-electron chi connectivity index (χ4n) is 4.60. The minimum atomic E-state index is -0.516.